The van der Waals surface area contributed by atoms with Crippen molar-refractivity contribution in [2.75, 3.05) is 7.11 Å². The summed E-state index contributed by atoms with van der Waals surface area (Å²) in [6.45, 7) is 1.92. The fraction of sp³-hybridized carbons (Fsp3) is 0.188. The molecule has 21 heavy (non-hydrogen) atoms. The van der Waals surface area contributed by atoms with Crippen LogP contribution in [0.4, 0.5) is 0 Å². The van der Waals surface area contributed by atoms with Gasteiger partial charge in [0, 0.05) is 14.7 Å². The van der Waals surface area contributed by atoms with Crippen molar-refractivity contribution >= 4 is 40.1 Å². The highest BCUT2D eigenvalue weighted by molar-refractivity contribution is 14.1. The Morgan fingerprint density at radius 1 is 1.29 bits per heavy atom. The molecule has 0 heterocycles. The molecule has 0 aliphatic rings. The molecule has 0 aliphatic heterocycles. The smallest absolute Gasteiger partial charge is 0.251 e. The van der Waals surface area contributed by atoms with E-state index in [0.717, 1.165) is 14.9 Å². The molecule has 3 nitrogen and oxygen atoms in total. The number of methoxy groups -OCH3 is 1. The van der Waals surface area contributed by atoms with E-state index in [1.54, 1.807) is 19.2 Å². The van der Waals surface area contributed by atoms with Gasteiger partial charge in [-0.15, -0.1) is 0 Å². The van der Waals surface area contributed by atoms with Gasteiger partial charge < -0.3 is 10.1 Å². The molecular formula is C16H15ClINO2. The van der Waals surface area contributed by atoms with Gasteiger partial charge in [-0.1, -0.05) is 29.8 Å². The molecule has 0 aromatic heterocycles. The Morgan fingerprint density at radius 3 is 2.67 bits per heavy atom. The third kappa shape index (κ3) is 3.89. The number of carbonyl (C=O) groups is 1. The minimum Gasteiger partial charge on any atom is -0.496 e. The second kappa shape index (κ2) is 7.13. The first-order valence-corrected chi connectivity index (χ1v) is 7.87. The van der Waals surface area contributed by atoms with Gasteiger partial charge in [0.15, 0.2) is 0 Å². The predicted octanol–water partition coefficient (Wildman–Crippen LogP) is 4.44. The number of hydrogen-bond acceptors (Lipinski definition) is 2. The van der Waals surface area contributed by atoms with Gasteiger partial charge in [0.05, 0.1) is 18.2 Å². The van der Waals surface area contributed by atoms with Crippen LogP contribution in [0.15, 0.2) is 42.5 Å². The van der Waals surface area contributed by atoms with Crippen LogP contribution in [0, 0.1) is 3.57 Å². The molecule has 110 valence electrons. The number of halogens is 2. The Kier molecular flexibility index (Phi) is 5.47. The lowest BCUT2D eigenvalue weighted by atomic mass is 10.1. The minimum atomic E-state index is -0.160. The first kappa shape index (κ1) is 16.1. The first-order chi connectivity index (χ1) is 10.0. The van der Waals surface area contributed by atoms with Gasteiger partial charge in [0.2, 0.25) is 0 Å². The quantitative estimate of drug-likeness (QED) is 0.750. The maximum Gasteiger partial charge on any atom is 0.251 e. The van der Waals surface area contributed by atoms with Crippen LogP contribution in [0.3, 0.4) is 0 Å². The van der Waals surface area contributed by atoms with Crippen LogP contribution in [0.2, 0.25) is 5.02 Å². The Labute approximate surface area is 142 Å². The maximum absolute atomic E-state index is 12.3. The molecule has 1 atom stereocenters. The SMILES string of the molecule is COc1ccccc1C(C)NC(=O)c1ccc(I)c(Cl)c1. The summed E-state index contributed by atoms with van der Waals surface area (Å²) in [4.78, 5) is 12.3. The molecule has 1 amide bonds. The van der Waals surface area contributed by atoms with Crippen molar-refractivity contribution in [2.45, 2.75) is 13.0 Å². The van der Waals surface area contributed by atoms with Gasteiger partial charge in [0.25, 0.3) is 5.91 Å². The zero-order chi connectivity index (χ0) is 15.4. The Hall–Kier alpha value is -1.27. The Bertz CT molecular complexity index is 660. The molecule has 5 heteroatoms. The Balaban J connectivity index is 2.16. The molecule has 0 aliphatic carbocycles. The maximum atomic E-state index is 12.3. The van der Waals surface area contributed by atoms with Gasteiger partial charge >= 0.3 is 0 Å². The number of carbonyl (C=O) groups excluding carboxylic acids is 1. The number of rotatable bonds is 4. The summed E-state index contributed by atoms with van der Waals surface area (Å²) in [6.07, 6.45) is 0. The van der Waals surface area contributed by atoms with Crippen molar-refractivity contribution in [3.8, 4) is 5.75 Å². The van der Waals surface area contributed by atoms with Crippen molar-refractivity contribution < 1.29 is 9.53 Å². The van der Waals surface area contributed by atoms with Crippen LogP contribution >= 0.6 is 34.2 Å². The van der Waals surface area contributed by atoms with E-state index in [9.17, 15) is 4.79 Å². The number of hydrogen-bond donors (Lipinski definition) is 1. The van der Waals surface area contributed by atoms with Crippen molar-refractivity contribution in [2.24, 2.45) is 0 Å². The largest absolute Gasteiger partial charge is 0.496 e. The highest BCUT2D eigenvalue weighted by Gasteiger charge is 2.15. The van der Waals surface area contributed by atoms with Gasteiger partial charge in [-0.3, -0.25) is 4.79 Å². The summed E-state index contributed by atoms with van der Waals surface area (Å²) >= 11 is 8.18. The van der Waals surface area contributed by atoms with E-state index in [1.807, 2.05) is 37.3 Å². The molecule has 0 radical (unpaired) electrons. The number of para-hydroxylation sites is 1. The fourth-order valence-corrected chi connectivity index (χ4v) is 2.54. The third-order valence-electron chi connectivity index (χ3n) is 3.13. The summed E-state index contributed by atoms with van der Waals surface area (Å²) < 4.78 is 6.24. The number of nitrogens with one attached hydrogen (secondary N) is 1. The zero-order valence-corrected chi connectivity index (χ0v) is 14.6. The average molecular weight is 416 g/mol. The molecule has 1 N–H and O–H groups in total. The van der Waals surface area contributed by atoms with Crippen LogP contribution in [-0.4, -0.2) is 13.0 Å². The molecule has 0 saturated carbocycles. The number of amides is 1. The fourth-order valence-electron chi connectivity index (χ4n) is 2.02. The van der Waals surface area contributed by atoms with Crippen molar-refractivity contribution in [1.82, 2.24) is 5.32 Å². The summed E-state index contributed by atoms with van der Waals surface area (Å²) in [5.41, 5.74) is 1.48. The summed E-state index contributed by atoms with van der Waals surface area (Å²) in [6, 6.07) is 12.7. The van der Waals surface area contributed by atoms with E-state index < -0.39 is 0 Å². The standard InChI is InChI=1S/C16H15ClINO2/c1-10(12-5-3-4-6-15(12)21-2)19-16(20)11-7-8-14(18)13(17)9-11/h3-10H,1-2H3,(H,19,20). The summed E-state index contributed by atoms with van der Waals surface area (Å²) in [7, 11) is 1.62. The predicted molar refractivity (Wildman–Crippen MR) is 93.0 cm³/mol. The zero-order valence-electron chi connectivity index (χ0n) is 11.7. The van der Waals surface area contributed by atoms with Gasteiger partial charge in [-0.05, 0) is 53.8 Å². The normalized spacial score (nSPS) is 11.8. The van der Waals surface area contributed by atoms with Gasteiger partial charge in [-0.2, -0.15) is 0 Å². The van der Waals surface area contributed by atoms with Gasteiger partial charge in [0.1, 0.15) is 5.75 Å². The number of ether oxygens (including phenoxy) is 1. The first-order valence-electron chi connectivity index (χ1n) is 6.41. The molecule has 2 rings (SSSR count). The Morgan fingerprint density at radius 2 is 2.00 bits per heavy atom. The van der Waals surface area contributed by atoms with Crippen LogP contribution in [0.25, 0.3) is 0 Å². The lowest BCUT2D eigenvalue weighted by Crippen LogP contribution is -2.26. The second-order valence-corrected chi connectivity index (χ2v) is 6.14. The van der Waals surface area contributed by atoms with Crippen LogP contribution in [0.5, 0.6) is 5.75 Å². The highest BCUT2D eigenvalue weighted by atomic mass is 127. The molecule has 0 fully saturated rings. The molecule has 0 spiro atoms. The van der Waals surface area contributed by atoms with Gasteiger partial charge in [-0.25, -0.2) is 0 Å². The third-order valence-corrected chi connectivity index (χ3v) is 4.71. The summed E-state index contributed by atoms with van der Waals surface area (Å²) in [5.74, 6) is 0.595. The molecule has 1 unspecified atom stereocenters. The molecule has 2 aromatic rings. The van der Waals surface area contributed by atoms with Crippen molar-refractivity contribution in [3.05, 3.63) is 62.2 Å². The second-order valence-electron chi connectivity index (χ2n) is 4.57. The molecule has 0 bridgehead atoms. The van der Waals surface area contributed by atoms with Crippen LogP contribution < -0.4 is 10.1 Å². The minimum absolute atomic E-state index is 0.160. The van der Waals surface area contributed by atoms with E-state index >= 15 is 0 Å². The van der Waals surface area contributed by atoms with E-state index in [0.29, 0.717) is 10.6 Å². The van der Waals surface area contributed by atoms with E-state index in [4.69, 9.17) is 16.3 Å². The van der Waals surface area contributed by atoms with E-state index in [1.165, 1.54) is 0 Å². The molecule has 2 aromatic carbocycles. The monoisotopic (exact) mass is 415 g/mol. The number of benzene rings is 2. The van der Waals surface area contributed by atoms with Crippen LogP contribution in [-0.2, 0) is 0 Å². The van der Waals surface area contributed by atoms with E-state index in [-0.39, 0.29) is 11.9 Å². The van der Waals surface area contributed by atoms with Crippen LogP contribution in [0.1, 0.15) is 28.9 Å². The lowest BCUT2D eigenvalue weighted by molar-refractivity contribution is 0.0939. The lowest BCUT2D eigenvalue weighted by Gasteiger charge is -2.17. The topological polar surface area (TPSA) is 38.3 Å². The highest BCUT2D eigenvalue weighted by Crippen LogP contribution is 2.25. The van der Waals surface area contributed by atoms with Crippen molar-refractivity contribution in [3.63, 3.8) is 0 Å². The summed E-state index contributed by atoms with van der Waals surface area (Å²) in [5, 5.41) is 3.53. The van der Waals surface area contributed by atoms with E-state index in [2.05, 4.69) is 27.9 Å². The molecule has 0 saturated heterocycles. The average Bonchev–Trinajstić information content (AvgIpc) is 2.49. The molecular weight excluding hydrogens is 401 g/mol. The van der Waals surface area contributed by atoms with Crippen molar-refractivity contribution in [1.29, 1.82) is 0 Å².